The molecule has 70 valence electrons. The molecule has 0 aromatic heterocycles. The van der Waals surface area contributed by atoms with Crippen LogP contribution in [0.25, 0.3) is 0 Å². The average molecular weight is 183 g/mol. The van der Waals surface area contributed by atoms with Crippen LogP contribution in [0.1, 0.15) is 53.4 Å². The van der Waals surface area contributed by atoms with Crippen molar-refractivity contribution in [1.82, 2.24) is 0 Å². The van der Waals surface area contributed by atoms with Crippen molar-refractivity contribution in [1.29, 1.82) is 5.26 Å². The molecule has 1 heteroatoms. The summed E-state index contributed by atoms with van der Waals surface area (Å²) in [6.07, 6.45) is 3.94. The van der Waals surface area contributed by atoms with Crippen LogP contribution >= 0.6 is 0 Å². The third-order valence-electron chi connectivity index (χ3n) is 3.87. The number of fused-ring (bicyclic) bond motifs is 5. The van der Waals surface area contributed by atoms with E-state index >= 15 is 0 Å². The molecule has 2 atom stereocenters. The zero-order valence-electron chi connectivity index (χ0n) is 8.38. The van der Waals surface area contributed by atoms with E-state index in [9.17, 15) is 0 Å². The molecule has 0 amide bonds. The van der Waals surface area contributed by atoms with Gasteiger partial charge in [0.15, 0.2) is 0 Å². The molecule has 1 aromatic rings. The van der Waals surface area contributed by atoms with E-state index in [-0.39, 0.29) is 0 Å². The van der Waals surface area contributed by atoms with Gasteiger partial charge in [-0.3, -0.25) is 0 Å². The van der Waals surface area contributed by atoms with Crippen molar-refractivity contribution in [3.63, 3.8) is 0 Å². The van der Waals surface area contributed by atoms with E-state index in [0.29, 0.717) is 5.92 Å². The van der Waals surface area contributed by atoms with Gasteiger partial charge < -0.3 is 0 Å². The summed E-state index contributed by atoms with van der Waals surface area (Å²) < 4.78 is 0. The number of hydrogen-bond donors (Lipinski definition) is 0. The Morgan fingerprint density at radius 3 is 2.64 bits per heavy atom. The van der Waals surface area contributed by atoms with Crippen molar-refractivity contribution < 1.29 is 0 Å². The molecular weight excluding hydrogens is 170 g/mol. The molecule has 3 rings (SSSR count). The second-order valence-electron chi connectivity index (χ2n) is 4.58. The van der Waals surface area contributed by atoms with Crippen molar-refractivity contribution in [2.24, 2.45) is 0 Å². The van der Waals surface area contributed by atoms with Gasteiger partial charge in [0.25, 0.3) is 0 Å². The van der Waals surface area contributed by atoms with Gasteiger partial charge in [0.05, 0.1) is 11.6 Å². The molecule has 0 heterocycles. The second kappa shape index (κ2) is 2.60. The third-order valence-corrected chi connectivity index (χ3v) is 3.87. The molecule has 0 spiro atoms. The highest BCUT2D eigenvalue weighted by Gasteiger charge is 2.39. The highest BCUT2D eigenvalue weighted by atomic mass is 14.4. The maximum absolute atomic E-state index is 9.07. The summed E-state index contributed by atoms with van der Waals surface area (Å²) >= 11 is 0. The summed E-state index contributed by atoms with van der Waals surface area (Å²) in [7, 11) is 0. The summed E-state index contributed by atoms with van der Waals surface area (Å²) in [6, 6.07) is 6.44. The SMILES string of the molecule is Cc1ccc(C#N)c2c1C1CCC2C1. The highest BCUT2D eigenvalue weighted by Crippen LogP contribution is 2.54. The van der Waals surface area contributed by atoms with Crippen molar-refractivity contribution in [2.45, 2.75) is 38.0 Å². The number of nitrogens with zero attached hydrogens (tertiary/aromatic N) is 1. The fourth-order valence-corrected chi connectivity index (χ4v) is 3.33. The molecule has 0 radical (unpaired) electrons. The van der Waals surface area contributed by atoms with Gasteiger partial charge in [0, 0.05) is 0 Å². The molecule has 0 aliphatic heterocycles. The smallest absolute Gasteiger partial charge is 0.0994 e. The molecule has 2 unspecified atom stereocenters. The first-order valence-electron chi connectivity index (χ1n) is 5.34. The van der Waals surface area contributed by atoms with Crippen LogP contribution in [0.2, 0.25) is 0 Å². The number of aryl methyl sites for hydroxylation is 1. The maximum atomic E-state index is 9.07. The van der Waals surface area contributed by atoms with Gasteiger partial charge in [-0.2, -0.15) is 5.26 Å². The molecule has 1 aromatic carbocycles. The fourth-order valence-electron chi connectivity index (χ4n) is 3.33. The number of hydrogen-bond acceptors (Lipinski definition) is 1. The van der Waals surface area contributed by atoms with Gasteiger partial charge in [-0.25, -0.2) is 0 Å². The van der Waals surface area contributed by atoms with E-state index in [4.69, 9.17) is 5.26 Å². The molecule has 2 bridgehead atoms. The van der Waals surface area contributed by atoms with Gasteiger partial charge in [-0.05, 0) is 60.8 Å². The van der Waals surface area contributed by atoms with Gasteiger partial charge in [-0.15, -0.1) is 0 Å². The maximum Gasteiger partial charge on any atom is 0.0994 e. The number of benzene rings is 1. The van der Waals surface area contributed by atoms with Crippen molar-refractivity contribution in [2.75, 3.05) is 0 Å². The first kappa shape index (κ1) is 8.05. The van der Waals surface area contributed by atoms with E-state index in [0.717, 1.165) is 11.5 Å². The Labute approximate surface area is 84.4 Å². The van der Waals surface area contributed by atoms with Gasteiger partial charge in [0.2, 0.25) is 0 Å². The van der Waals surface area contributed by atoms with Crippen LogP contribution in [0.5, 0.6) is 0 Å². The number of nitriles is 1. The summed E-state index contributed by atoms with van der Waals surface area (Å²) in [5.41, 5.74) is 5.23. The van der Waals surface area contributed by atoms with E-state index in [2.05, 4.69) is 19.1 Å². The molecule has 14 heavy (non-hydrogen) atoms. The van der Waals surface area contributed by atoms with Crippen LogP contribution in [0.15, 0.2) is 12.1 Å². The van der Waals surface area contributed by atoms with E-state index in [1.165, 1.54) is 36.0 Å². The van der Waals surface area contributed by atoms with Crippen molar-refractivity contribution in [3.05, 3.63) is 34.4 Å². The Kier molecular flexibility index (Phi) is 1.50. The van der Waals surface area contributed by atoms with Gasteiger partial charge in [0.1, 0.15) is 0 Å². The predicted octanol–water partition coefficient (Wildman–Crippen LogP) is 3.23. The summed E-state index contributed by atoms with van der Waals surface area (Å²) in [5, 5.41) is 9.07. The first-order valence-corrected chi connectivity index (χ1v) is 5.34. The van der Waals surface area contributed by atoms with Gasteiger partial charge in [-0.1, -0.05) is 6.07 Å². The van der Waals surface area contributed by atoms with Gasteiger partial charge >= 0.3 is 0 Å². The third kappa shape index (κ3) is 0.838. The predicted molar refractivity (Wildman–Crippen MR) is 55.2 cm³/mol. The van der Waals surface area contributed by atoms with Crippen LogP contribution < -0.4 is 0 Å². The Hall–Kier alpha value is -1.29. The Morgan fingerprint density at radius 1 is 1.21 bits per heavy atom. The van der Waals surface area contributed by atoms with Crippen molar-refractivity contribution in [3.8, 4) is 6.07 Å². The van der Waals surface area contributed by atoms with E-state index in [1.54, 1.807) is 0 Å². The Morgan fingerprint density at radius 2 is 1.93 bits per heavy atom. The second-order valence-corrected chi connectivity index (χ2v) is 4.58. The van der Waals surface area contributed by atoms with Crippen LogP contribution in [0.4, 0.5) is 0 Å². The summed E-state index contributed by atoms with van der Waals surface area (Å²) in [5.74, 6) is 1.47. The minimum atomic E-state index is 0.699. The van der Waals surface area contributed by atoms with Crippen LogP contribution in [-0.2, 0) is 0 Å². The summed E-state index contributed by atoms with van der Waals surface area (Å²) in [6.45, 7) is 2.18. The molecule has 2 aliphatic rings. The van der Waals surface area contributed by atoms with Crippen LogP contribution in [0, 0.1) is 18.3 Å². The Bertz CT molecular complexity index is 439. The lowest BCUT2D eigenvalue weighted by atomic mass is 9.86. The molecule has 1 saturated carbocycles. The minimum absolute atomic E-state index is 0.699. The summed E-state index contributed by atoms with van der Waals surface area (Å²) in [4.78, 5) is 0. The lowest BCUT2D eigenvalue weighted by Crippen LogP contribution is -2.02. The molecule has 1 fully saturated rings. The van der Waals surface area contributed by atoms with Crippen molar-refractivity contribution >= 4 is 0 Å². The molecule has 0 N–H and O–H groups in total. The molecule has 2 aliphatic carbocycles. The Balaban J connectivity index is 2.31. The monoisotopic (exact) mass is 183 g/mol. The normalized spacial score (nSPS) is 27.4. The van der Waals surface area contributed by atoms with Crippen LogP contribution in [-0.4, -0.2) is 0 Å². The highest BCUT2D eigenvalue weighted by molar-refractivity contribution is 5.54. The first-order chi connectivity index (χ1) is 6.81. The zero-order valence-corrected chi connectivity index (χ0v) is 8.38. The molecular formula is C13H13N. The topological polar surface area (TPSA) is 23.8 Å². The lowest BCUT2D eigenvalue weighted by molar-refractivity contribution is 0.712. The number of rotatable bonds is 0. The quantitative estimate of drug-likeness (QED) is 0.605. The average Bonchev–Trinajstić information content (AvgIpc) is 2.79. The van der Waals surface area contributed by atoms with Crippen LogP contribution in [0.3, 0.4) is 0 Å². The fraction of sp³-hybridized carbons (Fsp3) is 0.462. The van der Waals surface area contributed by atoms with E-state index in [1.807, 2.05) is 6.07 Å². The molecule has 1 nitrogen and oxygen atoms in total. The molecule has 0 saturated heterocycles. The standard InChI is InChI=1S/C13H13N/c1-8-2-3-11(7-14)13-10-5-4-9(6-10)12(8)13/h2-3,9-10H,4-6H2,1H3. The zero-order chi connectivity index (χ0) is 9.71. The minimum Gasteiger partial charge on any atom is -0.192 e. The largest absolute Gasteiger partial charge is 0.192 e. The van der Waals surface area contributed by atoms with E-state index < -0.39 is 0 Å². The lowest BCUT2D eigenvalue weighted by Gasteiger charge is -2.18.